The molecule has 5 heteroatoms. The van der Waals surface area contributed by atoms with Crippen LogP contribution >= 0.6 is 0 Å². The lowest BCUT2D eigenvalue weighted by Gasteiger charge is -2.39. The van der Waals surface area contributed by atoms with Crippen LogP contribution < -0.4 is 11.1 Å². The van der Waals surface area contributed by atoms with Crippen molar-refractivity contribution in [2.24, 2.45) is 11.1 Å². The molecule has 0 saturated carbocycles. The number of amides is 2. The quantitative estimate of drug-likeness (QED) is 0.770. The highest BCUT2D eigenvalue weighted by atomic mass is 16.2. The first kappa shape index (κ1) is 15.0. The number of likely N-dealkylation sites (tertiary alicyclic amines) is 1. The van der Waals surface area contributed by atoms with Gasteiger partial charge in [0.05, 0.1) is 5.41 Å². The van der Waals surface area contributed by atoms with Crippen LogP contribution in [0.3, 0.4) is 0 Å². The Morgan fingerprint density at radius 3 is 2.28 bits per heavy atom. The Morgan fingerprint density at radius 2 is 1.83 bits per heavy atom. The summed E-state index contributed by atoms with van der Waals surface area (Å²) >= 11 is 0. The third-order valence-electron chi connectivity index (χ3n) is 4.03. The lowest BCUT2D eigenvalue weighted by atomic mass is 9.74. The Bertz CT molecular complexity index is 345. The zero-order valence-corrected chi connectivity index (χ0v) is 12.0. The first-order chi connectivity index (χ1) is 8.05. The molecule has 18 heavy (non-hydrogen) atoms. The van der Waals surface area contributed by atoms with Crippen molar-refractivity contribution in [2.45, 2.75) is 52.6 Å². The number of nitrogens with one attached hydrogen (secondary N) is 1. The van der Waals surface area contributed by atoms with Gasteiger partial charge in [0.1, 0.15) is 0 Å². The third kappa shape index (κ3) is 3.02. The highest BCUT2D eigenvalue weighted by Crippen LogP contribution is 2.31. The Labute approximate surface area is 109 Å². The monoisotopic (exact) mass is 255 g/mol. The van der Waals surface area contributed by atoms with E-state index in [-0.39, 0.29) is 17.9 Å². The van der Waals surface area contributed by atoms with Crippen LogP contribution in [0.4, 0.5) is 0 Å². The van der Waals surface area contributed by atoms with E-state index >= 15 is 0 Å². The first-order valence-corrected chi connectivity index (χ1v) is 6.41. The van der Waals surface area contributed by atoms with E-state index in [0.29, 0.717) is 13.1 Å². The molecular formula is C13H25N3O2. The fraction of sp³-hybridized carbons (Fsp3) is 0.846. The van der Waals surface area contributed by atoms with E-state index in [9.17, 15) is 9.59 Å². The van der Waals surface area contributed by atoms with Crippen LogP contribution in [0.5, 0.6) is 0 Å². The molecule has 1 aliphatic rings. The van der Waals surface area contributed by atoms with Crippen LogP contribution in [0.15, 0.2) is 0 Å². The van der Waals surface area contributed by atoms with Gasteiger partial charge in [0.15, 0.2) is 0 Å². The van der Waals surface area contributed by atoms with Gasteiger partial charge in [0.2, 0.25) is 11.8 Å². The number of carbonyl (C=O) groups excluding carboxylic acids is 2. The van der Waals surface area contributed by atoms with Gasteiger partial charge in [0, 0.05) is 31.6 Å². The summed E-state index contributed by atoms with van der Waals surface area (Å²) in [5.41, 5.74) is 4.89. The summed E-state index contributed by atoms with van der Waals surface area (Å²) in [7, 11) is 0. The van der Waals surface area contributed by atoms with E-state index in [2.05, 4.69) is 5.32 Å². The van der Waals surface area contributed by atoms with Crippen molar-refractivity contribution in [3.8, 4) is 0 Å². The number of hydrogen-bond donors (Lipinski definition) is 2. The van der Waals surface area contributed by atoms with Gasteiger partial charge in [-0.15, -0.1) is 0 Å². The van der Waals surface area contributed by atoms with Crippen molar-refractivity contribution in [2.75, 3.05) is 13.1 Å². The lowest BCUT2D eigenvalue weighted by molar-refractivity contribution is -0.142. The van der Waals surface area contributed by atoms with Crippen molar-refractivity contribution >= 4 is 11.8 Å². The predicted octanol–water partition coefficient (Wildman–Crippen LogP) is 0.487. The average Bonchev–Trinajstić information content (AvgIpc) is 2.62. The number of hydrogen-bond acceptors (Lipinski definition) is 3. The van der Waals surface area contributed by atoms with Crippen LogP contribution in [-0.2, 0) is 9.59 Å². The number of carbonyl (C=O) groups is 2. The summed E-state index contributed by atoms with van der Waals surface area (Å²) in [4.78, 5) is 25.3. The molecule has 0 aromatic rings. The van der Waals surface area contributed by atoms with Crippen LogP contribution in [0, 0.1) is 5.41 Å². The van der Waals surface area contributed by atoms with Crippen molar-refractivity contribution in [1.82, 2.24) is 10.2 Å². The van der Waals surface area contributed by atoms with Gasteiger partial charge < -0.3 is 16.0 Å². The van der Waals surface area contributed by atoms with E-state index in [1.807, 2.05) is 27.7 Å². The summed E-state index contributed by atoms with van der Waals surface area (Å²) in [6.07, 6.45) is 0.812. The molecule has 0 aliphatic carbocycles. The van der Waals surface area contributed by atoms with Gasteiger partial charge in [-0.1, -0.05) is 0 Å². The molecule has 1 fully saturated rings. The zero-order chi connectivity index (χ0) is 14.1. The molecule has 3 N–H and O–H groups in total. The molecule has 0 spiro atoms. The summed E-state index contributed by atoms with van der Waals surface area (Å²) in [6, 6.07) is 0.0723. The molecule has 0 aromatic carbocycles. The van der Waals surface area contributed by atoms with E-state index in [0.717, 1.165) is 6.42 Å². The second-order valence-corrected chi connectivity index (χ2v) is 6.28. The molecule has 5 nitrogen and oxygen atoms in total. The molecule has 1 aliphatic heterocycles. The van der Waals surface area contributed by atoms with Crippen molar-refractivity contribution < 1.29 is 9.59 Å². The molecular weight excluding hydrogens is 230 g/mol. The molecule has 1 rings (SSSR count). The molecule has 1 unspecified atom stereocenters. The maximum Gasteiger partial charge on any atom is 0.230 e. The minimum Gasteiger partial charge on any atom is -0.352 e. The van der Waals surface area contributed by atoms with Gasteiger partial charge >= 0.3 is 0 Å². The molecule has 0 aromatic heterocycles. The number of nitrogens with zero attached hydrogens (tertiary/aromatic N) is 1. The maximum atomic E-state index is 12.5. The smallest absolute Gasteiger partial charge is 0.230 e. The molecule has 0 radical (unpaired) electrons. The first-order valence-electron chi connectivity index (χ1n) is 6.41. The predicted molar refractivity (Wildman–Crippen MR) is 70.8 cm³/mol. The molecule has 2 amide bonds. The largest absolute Gasteiger partial charge is 0.352 e. The highest BCUT2D eigenvalue weighted by Gasteiger charge is 2.44. The van der Waals surface area contributed by atoms with E-state index in [4.69, 9.17) is 5.73 Å². The Kier molecular flexibility index (Phi) is 4.05. The standard InChI is InChI=1S/C13H25N3O2/c1-9(17)15-10-6-7-16(8-10)11(18)12(2,3)13(4,5)14/h10H,6-8,14H2,1-5H3,(H,15,17). The van der Waals surface area contributed by atoms with Crippen LogP contribution in [-0.4, -0.2) is 41.4 Å². The van der Waals surface area contributed by atoms with Crippen molar-refractivity contribution in [3.63, 3.8) is 0 Å². The van der Waals surface area contributed by atoms with Gasteiger partial charge in [0.25, 0.3) is 0 Å². The maximum absolute atomic E-state index is 12.5. The summed E-state index contributed by atoms with van der Waals surface area (Å²) in [6.45, 7) is 10.2. The lowest BCUT2D eigenvalue weighted by Crippen LogP contribution is -2.56. The molecule has 0 bridgehead atoms. The van der Waals surface area contributed by atoms with Crippen LogP contribution in [0.25, 0.3) is 0 Å². The molecule has 1 heterocycles. The highest BCUT2D eigenvalue weighted by molar-refractivity contribution is 5.84. The van der Waals surface area contributed by atoms with Crippen LogP contribution in [0.1, 0.15) is 41.0 Å². The number of nitrogens with two attached hydrogens (primary N) is 1. The molecule has 104 valence electrons. The number of rotatable bonds is 3. The summed E-state index contributed by atoms with van der Waals surface area (Å²) in [5, 5.41) is 2.85. The van der Waals surface area contributed by atoms with E-state index in [1.54, 1.807) is 4.90 Å². The SMILES string of the molecule is CC(=O)NC1CCN(C(=O)C(C)(C)C(C)(C)N)C1. The van der Waals surface area contributed by atoms with Crippen molar-refractivity contribution in [3.05, 3.63) is 0 Å². The van der Waals surface area contributed by atoms with E-state index in [1.165, 1.54) is 6.92 Å². The average molecular weight is 255 g/mol. The Hall–Kier alpha value is -1.10. The van der Waals surface area contributed by atoms with Gasteiger partial charge in [-0.2, -0.15) is 0 Å². The second kappa shape index (κ2) is 4.88. The minimum absolute atomic E-state index is 0.0484. The zero-order valence-electron chi connectivity index (χ0n) is 12.0. The van der Waals surface area contributed by atoms with Gasteiger partial charge in [-0.05, 0) is 34.1 Å². The fourth-order valence-electron chi connectivity index (χ4n) is 2.02. The second-order valence-electron chi connectivity index (χ2n) is 6.28. The van der Waals surface area contributed by atoms with Gasteiger partial charge in [-0.25, -0.2) is 0 Å². The molecule has 1 atom stereocenters. The van der Waals surface area contributed by atoms with Crippen molar-refractivity contribution in [1.29, 1.82) is 0 Å². The normalized spacial score (nSPS) is 21.0. The topological polar surface area (TPSA) is 75.4 Å². The molecule has 1 saturated heterocycles. The minimum atomic E-state index is -0.613. The Balaban J connectivity index is 2.68. The van der Waals surface area contributed by atoms with Crippen LogP contribution in [0.2, 0.25) is 0 Å². The third-order valence-corrected chi connectivity index (χ3v) is 4.03. The van der Waals surface area contributed by atoms with Gasteiger partial charge in [-0.3, -0.25) is 9.59 Å². The Morgan fingerprint density at radius 1 is 1.28 bits per heavy atom. The summed E-state index contributed by atoms with van der Waals surface area (Å²) < 4.78 is 0. The van der Waals surface area contributed by atoms with E-state index < -0.39 is 11.0 Å². The summed E-state index contributed by atoms with van der Waals surface area (Å²) in [5.74, 6) is 0.00978. The fourth-order valence-corrected chi connectivity index (χ4v) is 2.02.